The highest BCUT2D eigenvalue weighted by Gasteiger charge is 2.15. The number of nitrogens with zero attached hydrogens (tertiary/aromatic N) is 5. The smallest absolute Gasteiger partial charge is 0.311 e. The number of nitrogens with one attached hydrogen (secondary N) is 1. The van der Waals surface area contributed by atoms with E-state index in [-0.39, 0.29) is 23.9 Å². The third-order valence-corrected chi connectivity index (χ3v) is 4.97. The van der Waals surface area contributed by atoms with Gasteiger partial charge >= 0.3 is 5.69 Å². The highest BCUT2D eigenvalue weighted by Crippen LogP contribution is 2.26. The lowest BCUT2D eigenvalue weighted by atomic mass is 10.2. The van der Waals surface area contributed by atoms with E-state index in [9.17, 15) is 14.9 Å². The minimum absolute atomic E-state index is 0.0801. The molecule has 0 unspecified atom stereocenters. The second kappa shape index (κ2) is 9.43. The molecule has 2 aromatic heterocycles. The minimum atomic E-state index is -0.520. The number of anilines is 1. The second-order valence-corrected chi connectivity index (χ2v) is 7.66. The highest BCUT2D eigenvalue weighted by molar-refractivity contribution is 9.10. The van der Waals surface area contributed by atoms with Crippen LogP contribution in [-0.4, -0.2) is 30.4 Å². The van der Waals surface area contributed by atoms with Gasteiger partial charge in [0.05, 0.1) is 23.4 Å². The molecule has 0 aliphatic carbocycles. The van der Waals surface area contributed by atoms with Gasteiger partial charge in [0, 0.05) is 22.9 Å². The summed E-state index contributed by atoms with van der Waals surface area (Å²) < 4.78 is 9.57. The van der Waals surface area contributed by atoms with E-state index in [1.165, 1.54) is 22.9 Å². The predicted octanol–water partition coefficient (Wildman–Crippen LogP) is 4.09. The van der Waals surface area contributed by atoms with E-state index in [0.717, 1.165) is 10.0 Å². The summed E-state index contributed by atoms with van der Waals surface area (Å²) in [5.74, 6) is -0.283. The van der Waals surface area contributed by atoms with Crippen molar-refractivity contribution < 1.29 is 14.5 Å². The fourth-order valence-electron chi connectivity index (χ4n) is 2.91. The Morgan fingerprint density at radius 1 is 1.12 bits per heavy atom. The quantitative estimate of drug-likeness (QED) is 0.290. The van der Waals surface area contributed by atoms with Gasteiger partial charge < -0.3 is 10.1 Å². The van der Waals surface area contributed by atoms with Gasteiger partial charge in [0.15, 0.2) is 18.2 Å². The van der Waals surface area contributed by atoms with Crippen LogP contribution >= 0.6 is 15.9 Å². The number of halogens is 1. The third kappa shape index (κ3) is 5.19. The van der Waals surface area contributed by atoms with Gasteiger partial charge in [-0.15, -0.1) is 0 Å². The normalized spacial score (nSPS) is 10.7. The molecule has 0 aliphatic heterocycles. The van der Waals surface area contributed by atoms with Crippen LogP contribution in [0.3, 0.4) is 0 Å². The molecule has 0 saturated carbocycles. The molecule has 0 bridgehead atoms. The monoisotopic (exact) mass is 496 g/mol. The second-order valence-electron chi connectivity index (χ2n) is 6.75. The Balaban J connectivity index is 1.35. The zero-order valence-electron chi connectivity index (χ0n) is 16.6. The number of para-hydroxylation sites is 2. The van der Waals surface area contributed by atoms with Crippen molar-refractivity contribution in [2.75, 3.05) is 5.32 Å². The van der Waals surface area contributed by atoms with E-state index in [0.29, 0.717) is 12.2 Å². The molecule has 0 aliphatic rings. The first-order chi connectivity index (χ1) is 15.5. The largest absolute Gasteiger partial charge is 0.464 e. The molecule has 10 nitrogen and oxygen atoms in total. The maximum Gasteiger partial charge on any atom is 0.311 e. The van der Waals surface area contributed by atoms with Gasteiger partial charge in [0.25, 0.3) is 5.91 Å². The maximum atomic E-state index is 12.5. The number of carbonyl (C=O) groups is 1. The standard InChI is InChI=1S/C21H17BrN6O4/c22-16-7-5-15(6-8-16)12-27-13-17(11-23-27)24-21(29)18-9-10-26(25-18)14-32-20-4-2-1-3-19(20)28(30)31/h1-11,13H,12,14H2,(H,24,29). The van der Waals surface area contributed by atoms with Crippen molar-refractivity contribution in [3.8, 4) is 5.75 Å². The van der Waals surface area contributed by atoms with Gasteiger partial charge in [-0.25, -0.2) is 4.68 Å². The predicted molar refractivity (Wildman–Crippen MR) is 119 cm³/mol. The molecule has 0 radical (unpaired) electrons. The minimum Gasteiger partial charge on any atom is -0.464 e. The fourth-order valence-corrected chi connectivity index (χ4v) is 3.17. The van der Waals surface area contributed by atoms with Gasteiger partial charge in [-0.05, 0) is 29.8 Å². The molecule has 0 atom stereocenters. The summed E-state index contributed by atoms with van der Waals surface area (Å²) >= 11 is 3.40. The average Bonchev–Trinajstić information content (AvgIpc) is 3.43. The van der Waals surface area contributed by atoms with Crippen LogP contribution in [0.4, 0.5) is 11.4 Å². The van der Waals surface area contributed by atoms with Crippen molar-refractivity contribution in [3.05, 3.63) is 99.0 Å². The zero-order chi connectivity index (χ0) is 22.5. The third-order valence-electron chi connectivity index (χ3n) is 4.44. The van der Waals surface area contributed by atoms with Gasteiger partial charge in [0.2, 0.25) is 0 Å². The number of rotatable bonds is 8. The summed E-state index contributed by atoms with van der Waals surface area (Å²) in [4.78, 5) is 23.0. The number of benzene rings is 2. The Labute approximate surface area is 190 Å². The Hall–Kier alpha value is -3.99. The summed E-state index contributed by atoms with van der Waals surface area (Å²) in [5, 5.41) is 22.2. The van der Waals surface area contributed by atoms with Crippen LogP contribution in [0.2, 0.25) is 0 Å². The Kier molecular flexibility index (Phi) is 6.26. The number of aromatic nitrogens is 4. The van der Waals surface area contributed by atoms with Crippen LogP contribution in [0, 0.1) is 10.1 Å². The molecule has 0 saturated heterocycles. The average molecular weight is 497 g/mol. The van der Waals surface area contributed by atoms with Crippen molar-refractivity contribution >= 4 is 33.2 Å². The molecule has 1 N–H and O–H groups in total. The molecule has 4 aromatic rings. The van der Waals surface area contributed by atoms with E-state index in [1.54, 1.807) is 35.4 Å². The number of carbonyl (C=O) groups excluding carboxylic acids is 1. The Morgan fingerprint density at radius 2 is 1.91 bits per heavy atom. The van der Waals surface area contributed by atoms with E-state index >= 15 is 0 Å². The number of nitro groups is 1. The molecule has 1 amide bonds. The molecular weight excluding hydrogens is 480 g/mol. The first kappa shape index (κ1) is 21.2. The highest BCUT2D eigenvalue weighted by atomic mass is 79.9. The molecule has 11 heteroatoms. The molecule has 2 heterocycles. The summed E-state index contributed by atoms with van der Waals surface area (Å²) in [6.45, 7) is 0.490. The summed E-state index contributed by atoms with van der Waals surface area (Å²) in [6.07, 6.45) is 4.85. The lowest BCUT2D eigenvalue weighted by Crippen LogP contribution is -2.14. The van der Waals surface area contributed by atoms with Crippen molar-refractivity contribution in [1.82, 2.24) is 19.6 Å². The van der Waals surface area contributed by atoms with Gasteiger partial charge in [-0.1, -0.05) is 40.2 Å². The van der Waals surface area contributed by atoms with E-state index in [4.69, 9.17) is 4.74 Å². The maximum absolute atomic E-state index is 12.5. The summed E-state index contributed by atoms with van der Waals surface area (Å²) in [5.41, 5.74) is 1.65. The molecule has 2 aromatic carbocycles. The van der Waals surface area contributed by atoms with Gasteiger partial charge in [0.1, 0.15) is 0 Å². The molecule has 162 valence electrons. The first-order valence-corrected chi connectivity index (χ1v) is 10.2. The number of amides is 1. The van der Waals surface area contributed by atoms with Gasteiger partial charge in [-0.3, -0.25) is 19.6 Å². The van der Waals surface area contributed by atoms with E-state index in [2.05, 4.69) is 31.4 Å². The topological polar surface area (TPSA) is 117 Å². The number of hydrogen-bond acceptors (Lipinski definition) is 6. The first-order valence-electron chi connectivity index (χ1n) is 9.46. The number of nitro benzene ring substituents is 1. The van der Waals surface area contributed by atoms with Crippen LogP contribution < -0.4 is 10.1 Å². The van der Waals surface area contributed by atoms with E-state index < -0.39 is 10.8 Å². The summed E-state index contributed by atoms with van der Waals surface area (Å²) in [6, 6.07) is 15.5. The zero-order valence-corrected chi connectivity index (χ0v) is 18.2. The molecular formula is C21H17BrN6O4. The Bertz CT molecular complexity index is 1250. The van der Waals surface area contributed by atoms with Gasteiger partial charge in [-0.2, -0.15) is 10.2 Å². The van der Waals surface area contributed by atoms with Crippen molar-refractivity contribution in [2.24, 2.45) is 0 Å². The number of ether oxygens (including phenoxy) is 1. The molecule has 0 fully saturated rings. The van der Waals surface area contributed by atoms with E-state index in [1.807, 2.05) is 24.3 Å². The lowest BCUT2D eigenvalue weighted by Gasteiger charge is -2.06. The van der Waals surface area contributed by atoms with Crippen LogP contribution in [0.15, 0.2) is 77.7 Å². The SMILES string of the molecule is O=C(Nc1cnn(Cc2ccc(Br)cc2)c1)c1ccn(COc2ccccc2[N+](=O)[O-])n1. The molecule has 4 rings (SSSR count). The van der Waals surface area contributed by atoms with Crippen LogP contribution in [0.5, 0.6) is 5.75 Å². The summed E-state index contributed by atoms with van der Waals surface area (Å²) in [7, 11) is 0. The molecule has 0 spiro atoms. The molecule has 32 heavy (non-hydrogen) atoms. The number of hydrogen-bond donors (Lipinski definition) is 1. The lowest BCUT2D eigenvalue weighted by molar-refractivity contribution is -0.386. The fraction of sp³-hybridized carbons (Fsp3) is 0.0952. The van der Waals surface area contributed by atoms with Crippen LogP contribution in [-0.2, 0) is 13.3 Å². The van der Waals surface area contributed by atoms with Crippen molar-refractivity contribution in [3.63, 3.8) is 0 Å². The van der Waals surface area contributed by atoms with Crippen LogP contribution in [0.1, 0.15) is 16.1 Å². The van der Waals surface area contributed by atoms with Crippen LogP contribution in [0.25, 0.3) is 0 Å². The van der Waals surface area contributed by atoms with Crippen molar-refractivity contribution in [2.45, 2.75) is 13.3 Å². The van der Waals surface area contributed by atoms with Crippen molar-refractivity contribution in [1.29, 1.82) is 0 Å². The Morgan fingerprint density at radius 3 is 2.69 bits per heavy atom.